The van der Waals surface area contributed by atoms with Crippen LogP contribution in [0.15, 0.2) is 91.0 Å². The SMILES string of the molecule is c1ccc(OC(CCN2CCC(c3ccccc3)CC2)c2ccccc2)cc1. The summed E-state index contributed by atoms with van der Waals surface area (Å²) in [5, 5.41) is 0. The van der Waals surface area contributed by atoms with E-state index in [1.54, 1.807) is 0 Å². The van der Waals surface area contributed by atoms with Crippen LogP contribution < -0.4 is 4.74 Å². The van der Waals surface area contributed by atoms with Crippen molar-refractivity contribution in [3.05, 3.63) is 102 Å². The number of likely N-dealkylation sites (tertiary alicyclic amines) is 1. The van der Waals surface area contributed by atoms with Crippen molar-refractivity contribution >= 4 is 0 Å². The average Bonchev–Trinajstić information content (AvgIpc) is 2.79. The molecule has 2 heteroatoms. The highest BCUT2D eigenvalue weighted by Crippen LogP contribution is 2.29. The second-order valence-electron chi connectivity index (χ2n) is 7.65. The third kappa shape index (κ3) is 5.02. The normalized spacial score (nSPS) is 16.6. The maximum Gasteiger partial charge on any atom is 0.125 e. The lowest BCUT2D eigenvalue weighted by Crippen LogP contribution is -2.34. The van der Waals surface area contributed by atoms with Gasteiger partial charge in [0.05, 0.1) is 0 Å². The lowest BCUT2D eigenvalue weighted by atomic mass is 9.89. The van der Waals surface area contributed by atoms with Crippen LogP contribution in [-0.4, -0.2) is 24.5 Å². The minimum atomic E-state index is 0.0930. The summed E-state index contributed by atoms with van der Waals surface area (Å²) in [7, 11) is 0. The van der Waals surface area contributed by atoms with Gasteiger partial charge in [0.1, 0.15) is 11.9 Å². The van der Waals surface area contributed by atoms with Gasteiger partial charge >= 0.3 is 0 Å². The lowest BCUT2D eigenvalue weighted by molar-refractivity contribution is 0.147. The predicted molar refractivity (Wildman–Crippen MR) is 116 cm³/mol. The standard InChI is InChI=1S/C26H29NO/c1-4-10-22(11-5-1)23-16-19-27(20-17-23)21-18-26(24-12-6-2-7-13-24)28-25-14-8-3-9-15-25/h1-15,23,26H,16-21H2. The van der Waals surface area contributed by atoms with E-state index in [0.29, 0.717) is 5.92 Å². The largest absolute Gasteiger partial charge is 0.486 e. The highest BCUT2D eigenvalue weighted by atomic mass is 16.5. The maximum atomic E-state index is 6.36. The van der Waals surface area contributed by atoms with Gasteiger partial charge in [-0.3, -0.25) is 0 Å². The lowest BCUT2D eigenvalue weighted by Gasteiger charge is -2.33. The van der Waals surface area contributed by atoms with Gasteiger partial charge in [0.25, 0.3) is 0 Å². The Kier molecular flexibility index (Phi) is 6.41. The summed E-state index contributed by atoms with van der Waals surface area (Å²) in [6.45, 7) is 3.42. The van der Waals surface area contributed by atoms with Crippen LogP contribution in [0.3, 0.4) is 0 Å². The van der Waals surface area contributed by atoms with Crippen LogP contribution in [0.1, 0.15) is 42.4 Å². The van der Waals surface area contributed by atoms with Crippen LogP contribution in [-0.2, 0) is 0 Å². The highest BCUT2D eigenvalue weighted by Gasteiger charge is 2.22. The molecule has 0 aromatic heterocycles. The molecule has 1 aliphatic heterocycles. The van der Waals surface area contributed by atoms with Gasteiger partial charge < -0.3 is 9.64 Å². The first-order valence-electron chi connectivity index (χ1n) is 10.4. The number of piperidine rings is 1. The molecule has 0 amide bonds. The molecule has 0 bridgehead atoms. The molecule has 0 spiro atoms. The molecule has 2 nitrogen and oxygen atoms in total. The zero-order valence-electron chi connectivity index (χ0n) is 16.4. The van der Waals surface area contributed by atoms with Crippen molar-refractivity contribution in [3.8, 4) is 5.75 Å². The Bertz CT molecular complexity index is 811. The van der Waals surface area contributed by atoms with Crippen molar-refractivity contribution in [1.29, 1.82) is 0 Å². The molecular formula is C26H29NO. The number of rotatable bonds is 7. The van der Waals surface area contributed by atoms with Gasteiger partial charge in [0.2, 0.25) is 0 Å². The van der Waals surface area contributed by atoms with Crippen LogP contribution in [0, 0.1) is 0 Å². The summed E-state index contributed by atoms with van der Waals surface area (Å²) in [5.41, 5.74) is 2.75. The zero-order chi connectivity index (χ0) is 19.0. The second kappa shape index (κ2) is 9.57. The smallest absolute Gasteiger partial charge is 0.125 e. The molecule has 1 aliphatic rings. The molecule has 1 fully saturated rings. The van der Waals surface area contributed by atoms with Crippen LogP contribution >= 0.6 is 0 Å². The number of hydrogen-bond donors (Lipinski definition) is 0. The van der Waals surface area contributed by atoms with Crippen LogP contribution in [0.2, 0.25) is 0 Å². The van der Waals surface area contributed by atoms with Crippen molar-refractivity contribution in [2.45, 2.75) is 31.3 Å². The van der Waals surface area contributed by atoms with Crippen LogP contribution in [0.4, 0.5) is 0 Å². The monoisotopic (exact) mass is 371 g/mol. The first kappa shape index (κ1) is 18.8. The van der Waals surface area contributed by atoms with Crippen molar-refractivity contribution in [3.63, 3.8) is 0 Å². The van der Waals surface area contributed by atoms with E-state index in [-0.39, 0.29) is 6.10 Å². The van der Waals surface area contributed by atoms with Gasteiger partial charge in [0.15, 0.2) is 0 Å². The fourth-order valence-corrected chi connectivity index (χ4v) is 4.14. The van der Waals surface area contributed by atoms with Crippen LogP contribution in [0.25, 0.3) is 0 Å². The summed E-state index contributed by atoms with van der Waals surface area (Å²) >= 11 is 0. The summed E-state index contributed by atoms with van der Waals surface area (Å²) in [6, 6.07) is 31.8. The van der Waals surface area contributed by atoms with E-state index < -0.39 is 0 Å². The van der Waals surface area contributed by atoms with Gasteiger partial charge in [-0.25, -0.2) is 0 Å². The van der Waals surface area contributed by atoms with Gasteiger partial charge in [0, 0.05) is 13.0 Å². The maximum absolute atomic E-state index is 6.36. The van der Waals surface area contributed by atoms with E-state index in [0.717, 1.165) is 18.7 Å². The summed E-state index contributed by atoms with van der Waals surface area (Å²) in [5.74, 6) is 1.65. The summed E-state index contributed by atoms with van der Waals surface area (Å²) in [4.78, 5) is 2.60. The summed E-state index contributed by atoms with van der Waals surface area (Å²) in [6.07, 6.45) is 3.60. The number of benzene rings is 3. The molecule has 144 valence electrons. The molecule has 0 aliphatic carbocycles. The van der Waals surface area contributed by atoms with E-state index in [1.807, 2.05) is 30.3 Å². The quantitative estimate of drug-likeness (QED) is 0.499. The molecular weight excluding hydrogens is 342 g/mol. The molecule has 3 aromatic rings. The number of ether oxygens (including phenoxy) is 1. The van der Waals surface area contributed by atoms with E-state index in [1.165, 1.54) is 37.1 Å². The molecule has 0 saturated carbocycles. The third-order valence-electron chi connectivity index (χ3n) is 5.76. The Hall–Kier alpha value is -2.58. The average molecular weight is 372 g/mol. The number of para-hydroxylation sites is 1. The topological polar surface area (TPSA) is 12.5 Å². The highest BCUT2D eigenvalue weighted by molar-refractivity contribution is 5.24. The van der Waals surface area contributed by atoms with E-state index in [2.05, 4.69) is 65.6 Å². The second-order valence-corrected chi connectivity index (χ2v) is 7.65. The fourth-order valence-electron chi connectivity index (χ4n) is 4.14. The van der Waals surface area contributed by atoms with Crippen molar-refractivity contribution in [2.24, 2.45) is 0 Å². The first-order chi connectivity index (χ1) is 13.9. The minimum absolute atomic E-state index is 0.0930. The molecule has 1 saturated heterocycles. The molecule has 28 heavy (non-hydrogen) atoms. The van der Waals surface area contributed by atoms with E-state index in [9.17, 15) is 0 Å². The van der Waals surface area contributed by atoms with Gasteiger partial charge in [-0.15, -0.1) is 0 Å². The Morgan fingerprint density at radius 2 is 1.32 bits per heavy atom. The van der Waals surface area contributed by atoms with E-state index >= 15 is 0 Å². The number of nitrogens with zero attached hydrogens (tertiary/aromatic N) is 1. The Morgan fingerprint density at radius 1 is 0.750 bits per heavy atom. The minimum Gasteiger partial charge on any atom is -0.486 e. The first-order valence-corrected chi connectivity index (χ1v) is 10.4. The van der Waals surface area contributed by atoms with Crippen molar-refractivity contribution in [2.75, 3.05) is 19.6 Å². The Labute approximate surface area is 168 Å². The van der Waals surface area contributed by atoms with E-state index in [4.69, 9.17) is 4.74 Å². The predicted octanol–water partition coefficient (Wildman–Crippen LogP) is 6.08. The van der Waals surface area contributed by atoms with Crippen molar-refractivity contribution < 1.29 is 4.74 Å². The molecule has 0 N–H and O–H groups in total. The van der Waals surface area contributed by atoms with Gasteiger partial charge in [-0.05, 0) is 55.1 Å². The van der Waals surface area contributed by atoms with Crippen LogP contribution in [0.5, 0.6) is 5.75 Å². The third-order valence-corrected chi connectivity index (χ3v) is 5.76. The Balaban J connectivity index is 1.34. The Morgan fingerprint density at radius 3 is 1.96 bits per heavy atom. The molecule has 1 heterocycles. The van der Waals surface area contributed by atoms with Gasteiger partial charge in [-0.1, -0.05) is 78.9 Å². The molecule has 3 aromatic carbocycles. The number of hydrogen-bond acceptors (Lipinski definition) is 2. The van der Waals surface area contributed by atoms with Crippen molar-refractivity contribution in [1.82, 2.24) is 4.90 Å². The molecule has 1 unspecified atom stereocenters. The molecule has 0 radical (unpaired) electrons. The van der Waals surface area contributed by atoms with Gasteiger partial charge in [-0.2, -0.15) is 0 Å². The molecule has 1 atom stereocenters. The summed E-state index contributed by atoms with van der Waals surface area (Å²) < 4.78 is 6.36. The fraction of sp³-hybridized carbons (Fsp3) is 0.308. The zero-order valence-corrected chi connectivity index (χ0v) is 16.4. The molecule has 4 rings (SSSR count).